The lowest BCUT2D eigenvalue weighted by atomic mass is 10.1. The largest absolute Gasteiger partial charge is 0.480 e. The van der Waals surface area contributed by atoms with Gasteiger partial charge in [0.2, 0.25) is 0 Å². The van der Waals surface area contributed by atoms with Gasteiger partial charge in [0.25, 0.3) is 0 Å². The van der Waals surface area contributed by atoms with Crippen LogP contribution in [0.5, 0.6) is 0 Å². The quantitative estimate of drug-likeness (QED) is 0.876. The monoisotopic (exact) mass is 322 g/mol. The third kappa shape index (κ3) is 4.30. The van der Waals surface area contributed by atoms with Crippen LogP contribution in [0.15, 0.2) is 12.1 Å². The number of piperazine rings is 1. The number of anilines is 1. The number of carbonyl (C=O) groups excluding carboxylic acids is 1. The first-order valence-electron chi connectivity index (χ1n) is 7.45. The summed E-state index contributed by atoms with van der Waals surface area (Å²) in [7, 11) is 0. The number of ether oxygens (including phenoxy) is 1. The van der Waals surface area contributed by atoms with Gasteiger partial charge in [0, 0.05) is 13.1 Å². The Labute approximate surface area is 135 Å². The van der Waals surface area contributed by atoms with Crippen LogP contribution in [0, 0.1) is 6.92 Å². The highest BCUT2D eigenvalue weighted by atomic mass is 16.6. The number of carboxylic acid groups (broad SMARTS) is 1. The van der Waals surface area contributed by atoms with Gasteiger partial charge in [-0.25, -0.2) is 9.59 Å². The van der Waals surface area contributed by atoms with Crippen LogP contribution >= 0.6 is 0 Å². The first-order valence-corrected chi connectivity index (χ1v) is 7.45. The predicted octanol–water partition coefficient (Wildman–Crippen LogP) is 1.30. The molecule has 1 amide bonds. The Bertz CT molecular complexity index is 582. The van der Waals surface area contributed by atoms with E-state index in [4.69, 9.17) is 4.74 Å². The molecule has 0 aromatic carbocycles. The number of aryl methyl sites for hydroxylation is 1. The third-order valence-electron chi connectivity index (χ3n) is 3.40. The Balaban J connectivity index is 2.13. The molecule has 126 valence electrons. The molecule has 1 aliphatic heterocycles. The average molecular weight is 322 g/mol. The van der Waals surface area contributed by atoms with E-state index in [9.17, 15) is 14.7 Å². The van der Waals surface area contributed by atoms with Crippen molar-refractivity contribution in [3.63, 3.8) is 0 Å². The number of aliphatic carboxylic acids is 1. The van der Waals surface area contributed by atoms with E-state index >= 15 is 0 Å². The number of rotatable bonds is 2. The van der Waals surface area contributed by atoms with E-state index in [1.54, 1.807) is 37.8 Å². The molecule has 0 spiro atoms. The van der Waals surface area contributed by atoms with Crippen molar-refractivity contribution in [3.8, 4) is 0 Å². The van der Waals surface area contributed by atoms with Crippen LogP contribution in [0.1, 0.15) is 26.5 Å². The number of amides is 1. The number of aromatic nitrogens is 2. The fourth-order valence-electron chi connectivity index (χ4n) is 2.31. The SMILES string of the molecule is Cc1ccc(N2CCN(C(=O)OC(C)(C)C)C[C@H]2C(=O)O)nn1. The molecule has 2 heterocycles. The topological polar surface area (TPSA) is 95.9 Å². The number of carbonyl (C=O) groups is 2. The fraction of sp³-hybridized carbons (Fsp3) is 0.600. The van der Waals surface area contributed by atoms with Crippen molar-refractivity contribution in [1.82, 2.24) is 15.1 Å². The van der Waals surface area contributed by atoms with E-state index in [0.29, 0.717) is 18.9 Å². The van der Waals surface area contributed by atoms with Gasteiger partial charge in [-0.2, -0.15) is 5.10 Å². The van der Waals surface area contributed by atoms with Crippen LogP contribution in [-0.4, -0.2) is 63.5 Å². The molecule has 0 saturated carbocycles. The van der Waals surface area contributed by atoms with Gasteiger partial charge in [-0.05, 0) is 39.8 Å². The second-order valence-corrected chi connectivity index (χ2v) is 6.51. The first kappa shape index (κ1) is 17.0. The molecule has 0 radical (unpaired) electrons. The minimum Gasteiger partial charge on any atom is -0.480 e. The summed E-state index contributed by atoms with van der Waals surface area (Å²) >= 11 is 0. The smallest absolute Gasteiger partial charge is 0.410 e. The van der Waals surface area contributed by atoms with E-state index in [2.05, 4.69) is 10.2 Å². The van der Waals surface area contributed by atoms with Gasteiger partial charge < -0.3 is 19.6 Å². The Morgan fingerprint density at radius 1 is 1.26 bits per heavy atom. The second kappa shape index (κ2) is 6.39. The number of carboxylic acids is 1. The van der Waals surface area contributed by atoms with E-state index < -0.39 is 23.7 Å². The van der Waals surface area contributed by atoms with Crippen LogP contribution in [0.3, 0.4) is 0 Å². The standard InChI is InChI=1S/C15H22N4O4/c1-10-5-6-12(17-16-10)19-8-7-18(9-11(19)13(20)21)14(22)23-15(2,3)4/h5-6,11H,7-9H2,1-4H3,(H,20,21)/t11-/m0/s1. The van der Waals surface area contributed by atoms with E-state index in [1.165, 1.54) is 4.90 Å². The summed E-state index contributed by atoms with van der Waals surface area (Å²) in [5.41, 5.74) is 0.142. The minimum absolute atomic E-state index is 0.0415. The molecule has 23 heavy (non-hydrogen) atoms. The van der Waals surface area contributed by atoms with Gasteiger partial charge in [0.05, 0.1) is 12.2 Å². The van der Waals surface area contributed by atoms with Gasteiger partial charge in [-0.1, -0.05) is 0 Å². The van der Waals surface area contributed by atoms with E-state index in [-0.39, 0.29) is 6.54 Å². The Kier molecular flexibility index (Phi) is 4.72. The zero-order chi connectivity index (χ0) is 17.2. The van der Waals surface area contributed by atoms with Crippen LogP contribution in [-0.2, 0) is 9.53 Å². The maximum Gasteiger partial charge on any atom is 0.410 e. The van der Waals surface area contributed by atoms with E-state index in [0.717, 1.165) is 5.69 Å². The fourth-order valence-corrected chi connectivity index (χ4v) is 2.31. The molecule has 8 heteroatoms. The second-order valence-electron chi connectivity index (χ2n) is 6.51. The molecular weight excluding hydrogens is 300 g/mol. The van der Waals surface area contributed by atoms with Crippen LogP contribution in [0.4, 0.5) is 10.6 Å². The summed E-state index contributed by atoms with van der Waals surface area (Å²) < 4.78 is 5.31. The summed E-state index contributed by atoms with van der Waals surface area (Å²) in [6.45, 7) is 7.90. The van der Waals surface area contributed by atoms with Gasteiger partial charge in [-0.3, -0.25) is 0 Å². The highest BCUT2D eigenvalue weighted by Gasteiger charge is 2.36. The molecule has 1 aromatic heterocycles. The highest BCUT2D eigenvalue weighted by molar-refractivity contribution is 5.80. The first-order chi connectivity index (χ1) is 10.7. The lowest BCUT2D eigenvalue weighted by molar-refractivity contribution is -0.139. The zero-order valence-electron chi connectivity index (χ0n) is 13.8. The Hall–Kier alpha value is -2.38. The normalized spacial score (nSPS) is 18.7. The van der Waals surface area contributed by atoms with Crippen molar-refractivity contribution < 1.29 is 19.4 Å². The highest BCUT2D eigenvalue weighted by Crippen LogP contribution is 2.20. The maximum atomic E-state index is 12.1. The Morgan fingerprint density at radius 3 is 2.48 bits per heavy atom. The summed E-state index contributed by atoms with van der Waals surface area (Å²) in [4.78, 5) is 26.8. The van der Waals surface area contributed by atoms with Crippen molar-refractivity contribution in [2.45, 2.75) is 39.3 Å². The number of hydrogen-bond acceptors (Lipinski definition) is 6. The van der Waals surface area contributed by atoms with Crippen molar-refractivity contribution in [2.75, 3.05) is 24.5 Å². The molecule has 0 unspecified atom stereocenters. The maximum absolute atomic E-state index is 12.1. The predicted molar refractivity (Wildman–Crippen MR) is 83.3 cm³/mol. The molecular formula is C15H22N4O4. The molecule has 0 aliphatic carbocycles. The molecule has 1 atom stereocenters. The lowest BCUT2D eigenvalue weighted by Crippen LogP contribution is -2.58. The van der Waals surface area contributed by atoms with Crippen molar-refractivity contribution in [1.29, 1.82) is 0 Å². The summed E-state index contributed by atoms with van der Waals surface area (Å²) in [6, 6.07) is 2.64. The van der Waals surface area contributed by atoms with Crippen LogP contribution in [0.25, 0.3) is 0 Å². The molecule has 1 aromatic rings. The number of nitrogens with zero attached hydrogens (tertiary/aromatic N) is 4. The van der Waals surface area contributed by atoms with Crippen LogP contribution < -0.4 is 4.90 Å². The average Bonchev–Trinajstić information content (AvgIpc) is 2.45. The van der Waals surface area contributed by atoms with Crippen LogP contribution in [0.2, 0.25) is 0 Å². The molecule has 1 saturated heterocycles. The van der Waals surface area contributed by atoms with Gasteiger partial charge >= 0.3 is 12.1 Å². The minimum atomic E-state index is -1.01. The van der Waals surface area contributed by atoms with E-state index in [1.807, 2.05) is 6.92 Å². The van der Waals surface area contributed by atoms with Crippen molar-refractivity contribution in [3.05, 3.63) is 17.8 Å². The van der Waals surface area contributed by atoms with Gasteiger partial charge in [-0.15, -0.1) is 5.10 Å². The lowest BCUT2D eigenvalue weighted by Gasteiger charge is -2.40. The Morgan fingerprint density at radius 2 is 1.96 bits per heavy atom. The molecule has 0 bridgehead atoms. The van der Waals surface area contributed by atoms with Crippen molar-refractivity contribution >= 4 is 17.9 Å². The summed E-state index contributed by atoms with van der Waals surface area (Å²) in [5, 5.41) is 17.5. The number of hydrogen-bond donors (Lipinski definition) is 1. The third-order valence-corrected chi connectivity index (χ3v) is 3.40. The molecule has 1 fully saturated rings. The molecule has 8 nitrogen and oxygen atoms in total. The molecule has 1 N–H and O–H groups in total. The molecule has 2 rings (SSSR count). The van der Waals surface area contributed by atoms with Crippen molar-refractivity contribution in [2.24, 2.45) is 0 Å². The zero-order valence-corrected chi connectivity index (χ0v) is 13.8. The van der Waals surface area contributed by atoms with Gasteiger partial charge in [0.15, 0.2) is 5.82 Å². The van der Waals surface area contributed by atoms with Gasteiger partial charge in [0.1, 0.15) is 11.6 Å². The summed E-state index contributed by atoms with van der Waals surface area (Å²) in [5.74, 6) is -0.521. The molecule has 1 aliphatic rings. The summed E-state index contributed by atoms with van der Waals surface area (Å²) in [6.07, 6.45) is -0.501.